The number of methoxy groups -OCH3 is 1. The van der Waals surface area contributed by atoms with Crippen LogP contribution in [0.4, 0.5) is 4.39 Å². The van der Waals surface area contributed by atoms with Crippen molar-refractivity contribution >= 4 is 27.4 Å². The van der Waals surface area contributed by atoms with Crippen LogP contribution in [-0.2, 0) is 11.3 Å². The van der Waals surface area contributed by atoms with Gasteiger partial charge in [0.1, 0.15) is 10.7 Å². The number of benzene rings is 1. The Morgan fingerprint density at radius 1 is 1.57 bits per heavy atom. The van der Waals surface area contributed by atoms with Crippen LogP contribution in [0.2, 0.25) is 0 Å². The number of esters is 1. The first-order valence-corrected chi connectivity index (χ1v) is 8.51. The molecular weight excluding hydrogens is 317 g/mol. The Labute approximate surface area is 138 Å². The minimum atomic E-state index is -0.424. The number of likely N-dealkylation sites (tertiary alicyclic amines) is 1. The minimum Gasteiger partial charge on any atom is -0.465 e. The van der Waals surface area contributed by atoms with Gasteiger partial charge >= 0.3 is 5.97 Å². The van der Waals surface area contributed by atoms with E-state index in [0.717, 1.165) is 24.2 Å². The lowest BCUT2D eigenvalue weighted by molar-refractivity contribution is 0.0604. The molecule has 3 rings (SSSR count). The molecule has 0 radical (unpaired) electrons. The van der Waals surface area contributed by atoms with Crippen molar-refractivity contribution in [3.05, 3.63) is 34.5 Å². The second-order valence-corrected chi connectivity index (χ2v) is 7.09. The maximum Gasteiger partial charge on any atom is 0.348 e. The van der Waals surface area contributed by atoms with Gasteiger partial charge in [0.15, 0.2) is 0 Å². The summed E-state index contributed by atoms with van der Waals surface area (Å²) in [5.74, 6) is -0.506. The molecule has 0 aliphatic carbocycles. The van der Waals surface area contributed by atoms with Crippen LogP contribution in [0.3, 0.4) is 0 Å². The van der Waals surface area contributed by atoms with E-state index >= 15 is 0 Å². The van der Waals surface area contributed by atoms with Crippen LogP contribution < -0.4 is 0 Å². The molecule has 1 N–H and O–H groups in total. The van der Waals surface area contributed by atoms with Crippen LogP contribution in [0.1, 0.15) is 28.6 Å². The van der Waals surface area contributed by atoms with Gasteiger partial charge in [-0.1, -0.05) is 6.07 Å². The summed E-state index contributed by atoms with van der Waals surface area (Å²) in [4.78, 5) is 14.7. The van der Waals surface area contributed by atoms with E-state index in [4.69, 9.17) is 4.74 Å². The van der Waals surface area contributed by atoms with Crippen molar-refractivity contribution in [1.82, 2.24) is 4.90 Å². The molecule has 1 saturated heterocycles. The summed E-state index contributed by atoms with van der Waals surface area (Å²) in [5, 5.41) is 10.2. The third-order valence-corrected chi connectivity index (χ3v) is 5.68. The number of nitrogens with zero attached hydrogens (tertiary/aromatic N) is 1. The first kappa shape index (κ1) is 16.4. The van der Waals surface area contributed by atoms with Gasteiger partial charge in [-0.3, -0.25) is 4.90 Å². The van der Waals surface area contributed by atoms with Crippen molar-refractivity contribution in [2.75, 3.05) is 20.2 Å². The summed E-state index contributed by atoms with van der Waals surface area (Å²) in [7, 11) is 1.34. The van der Waals surface area contributed by atoms with Gasteiger partial charge in [0, 0.05) is 28.7 Å². The molecule has 2 unspecified atom stereocenters. The number of carbonyl (C=O) groups excluding carboxylic acids is 1. The molecule has 1 aromatic heterocycles. The van der Waals surface area contributed by atoms with E-state index < -0.39 is 5.97 Å². The number of rotatable bonds is 4. The van der Waals surface area contributed by atoms with Crippen LogP contribution in [-0.4, -0.2) is 42.3 Å². The third-order valence-electron chi connectivity index (χ3n) is 4.51. The zero-order valence-corrected chi connectivity index (χ0v) is 14.0. The molecular formula is C17H20FNO3S. The Hall–Kier alpha value is -1.50. The Bertz CT molecular complexity index is 728. The molecule has 1 aliphatic heterocycles. The molecule has 2 aromatic rings. The molecule has 6 heteroatoms. The van der Waals surface area contributed by atoms with Crippen molar-refractivity contribution in [3.63, 3.8) is 0 Å². The highest BCUT2D eigenvalue weighted by Crippen LogP contribution is 2.35. The zero-order chi connectivity index (χ0) is 16.6. The lowest BCUT2D eigenvalue weighted by Gasteiger charge is -2.18. The molecule has 0 spiro atoms. The van der Waals surface area contributed by atoms with Crippen molar-refractivity contribution in [1.29, 1.82) is 0 Å². The van der Waals surface area contributed by atoms with Crippen molar-refractivity contribution in [2.45, 2.75) is 26.0 Å². The van der Waals surface area contributed by atoms with Gasteiger partial charge in [-0.15, -0.1) is 11.3 Å². The fraction of sp³-hybridized carbons (Fsp3) is 0.471. The summed E-state index contributed by atoms with van der Waals surface area (Å²) in [5.41, 5.74) is 0.696. The number of ether oxygens (including phenoxy) is 1. The normalized spacial score (nSPS) is 20.1. The van der Waals surface area contributed by atoms with Gasteiger partial charge in [0.2, 0.25) is 0 Å². The summed E-state index contributed by atoms with van der Waals surface area (Å²) in [6, 6.07) is 4.89. The van der Waals surface area contributed by atoms with Gasteiger partial charge in [0.25, 0.3) is 0 Å². The molecule has 1 fully saturated rings. The highest BCUT2D eigenvalue weighted by atomic mass is 32.1. The highest BCUT2D eigenvalue weighted by molar-refractivity contribution is 7.21. The van der Waals surface area contributed by atoms with Gasteiger partial charge in [0.05, 0.1) is 13.2 Å². The van der Waals surface area contributed by atoms with E-state index in [2.05, 4.69) is 4.90 Å². The smallest absolute Gasteiger partial charge is 0.348 e. The quantitative estimate of drug-likeness (QED) is 0.872. The highest BCUT2D eigenvalue weighted by Gasteiger charge is 2.29. The fourth-order valence-corrected chi connectivity index (χ4v) is 4.35. The maximum absolute atomic E-state index is 14.3. The number of aliphatic hydroxyl groups is 1. The summed E-state index contributed by atoms with van der Waals surface area (Å²) < 4.78 is 19.9. The van der Waals surface area contributed by atoms with Crippen molar-refractivity contribution in [3.8, 4) is 0 Å². The predicted molar refractivity (Wildman–Crippen MR) is 88.2 cm³/mol. The Balaban J connectivity index is 1.97. The van der Waals surface area contributed by atoms with E-state index in [0.29, 0.717) is 22.4 Å². The maximum atomic E-state index is 14.3. The second kappa shape index (κ2) is 6.55. The van der Waals surface area contributed by atoms with Crippen LogP contribution in [0.25, 0.3) is 10.1 Å². The molecule has 0 amide bonds. The minimum absolute atomic E-state index is 0.228. The SMILES string of the molecule is COC(=O)c1sc2cccc(F)c2c1CN1CCC(C(C)O)C1. The van der Waals surface area contributed by atoms with Crippen LogP contribution >= 0.6 is 11.3 Å². The molecule has 124 valence electrons. The van der Waals surface area contributed by atoms with Crippen molar-refractivity contribution in [2.24, 2.45) is 5.92 Å². The lowest BCUT2D eigenvalue weighted by atomic mass is 10.0. The second-order valence-electron chi connectivity index (χ2n) is 6.04. The van der Waals surface area contributed by atoms with Crippen molar-refractivity contribution < 1.29 is 19.0 Å². The Morgan fingerprint density at radius 2 is 2.35 bits per heavy atom. The average Bonchev–Trinajstić information content (AvgIpc) is 3.13. The van der Waals surface area contributed by atoms with Crippen LogP contribution in [0.5, 0.6) is 0 Å². The van der Waals surface area contributed by atoms with Gasteiger partial charge in [-0.25, -0.2) is 9.18 Å². The molecule has 1 aliphatic rings. The molecule has 2 heterocycles. The monoisotopic (exact) mass is 337 g/mol. The van der Waals surface area contributed by atoms with Gasteiger partial charge in [-0.2, -0.15) is 0 Å². The van der Waals surface area contributed by atoms with Gasteiger partial charge in [-0.05, 0) is 37.9 Å². The largest absolute Gasteiger partial charge is 0.465 e. The summed E-state index contributed by atoms with van der Waals surface area (Å²) in [6.45, 7) is 3.88. The van der Waals surface area contributed by atoms with E-state index in [1.807, 2.05) is 6.07 Å². The number of hydrogen-bond donors (Lipinski definition) is 1. The van der Waals surface area contributed by atoms with E-state index in [1.54, 1.807) is 13.0 Å². The molecule has 23 heavy (non-hydrogen) atoms. The van der Waals surface area contributed by atoms with E-state index in [9.17, 15) is 14.3 Å². The van der Waals surface area contributed by atoms with Crippen LogP contribution in [0, 0.1) is 11.7 Å². The molecule has 1 aromatic carbocycles. The first-order valence-electron chi connectivity index (χ1n) is 7.70. The number of halogens is 1. The molecule has 2 atom stereocenters. The third kappa shape index (κ3) is 3.11. The standard InChI is InChI=1S/C17H20FNO3S/c1-10(20)11-6-7-19(8-11)9-12-15-13(18)4-3-5-14(15)23-16(12)17(21)22-2/h3-5,10-11,20H,6-9H2,1-2H3. The van der Waals surface area contributed by atoms with E-state index in [-0.39, 0.29) is 17.8 Å². The first-order chi connectivity index (χ1) is 11.0. The Kier molecular flexibility index (Phi) is 4.66. The zero-order valence-electron chi connectivity index (χ0n) is 13.2. The lowest BCUT2D eigenvalue weighted by Crippen LogP contribution is -2.24. The predicted octanol–water partition coefficient (Wildman–Crippen LogP) is 3.03. The Morgan fingerprint density at radius 3 is 3.00 bits per heavy atom. The molecule has 4 nitrogen and oxygen atoms in total. The number of thiophene rings is 1. The summed E-state index contributed by atoms with van der Waals surface area (Å²) >= 11 is 1.27. The van der Waals surface area contributed by atoms with E-state index in [1.165, 1.54) is 24.5 Å². The topological polar surface area (TPSA) is 49.8 Å². The molecule has 0 saturated carbocycles. The van der Waals surface area contributed by atoms with Crippen LogP contribution in [0.15, 0.2) is 18.2 Å². The number of hydrogen-bond acceptors (Lipinski definition) is 5. The number of fused-ring (bicyclic) bond motifs is 1. The summed E-state index contributed by atoms with van der Waals surface area (Å²) in [6.07, 6.45) is 0.562. The average molecular weight is 337 g/mol. The van der Waals surface area contributed by atoms with Gasteiger partial charge < -0.3 is 9.84 Å². The number of carbonyl (C=O) groups is 1. The molecule has 0 bridgehead atoms. The fourth-order valence-electron chi connectivity index (χ4n) is 3.20. The number of aliphatic hydroxyl groups excluding tert-OH is 1.